The highest BCUT2D eigenvalue weighted by atomic mass is 35.5. The lowest BCUT2D eigenvalue weighted by molar-refractivity contribution is 0.482. The third kappa shape index (κ3) is 6.41. The molecule has 0 fully saturated rings. The van der Waals surface area contributed by atoms with Crippen LogP contribution in [0.25, 0.3) is 0 Å². The van der Waals surface area contributed by atoms with Gasteiger partial charge in [-0.2, -0.15) is 11.8 Å². The minimum atomic E-state index is -3.27. The summed E-state index contributed by atoms with van der Waals surface area (Å²) in [5, 5.41) is 1.37. The van der Waals surface area contributed by atoms with Gasteiger partial charge in [-0.1, -0.05) is 37.0 Å². The highest BCUT2D eigenvalue weighted by Crippen LogP contribution is 2.30. The van der Waals surface area contributed by atoms with Gasteiger partial charge in [-0.25, -0.2) is 8.42 Å². The number of thioether (sulfide) groups is 1. The fourth-order valence-electron chi connectivity index (χ4n) is 2.08. The Morgan fingerprint density at radius 1 is 1.00 bits per heavy atom. The number of halogens is 2. The van der Waals surface area contributed by atoms with Gasteiger partial charge in [0.1, 0.15) is 11.5 Å². The van der Waals surface area contributed by atoms with E-state index < -0.39 is 9.84 Å². The van der Waals surface area contributed by atoms with E-state index in [2.05, 4.69) is 13.8 Å². The van der Waals surface area contributed by atoms with Crippen LogP contribution in [-0.2, 0) is 9.84 Å². The standard InChI is InChI=1S/C18H20Cl2O3S2/c1-13(2)24-10-3-11-25(21,22)16-7-4-14(5-8-16)23-15-6-9-17(19)18(20)12-15/h4-9,12-13H,3,10-11H2,1-2H3. The molecule has 0 bridgehead atoms. The lowest BCUT2D eigenvalue weighted by atomic mass is 10.3. The number of rotatable bonds is 8. The first kappa shape index (κ1) is 20.4. The zero-order valence-electron chi connectivity index (χ0n) is 14.0. The predicted octanol–water partition coefficient (Wildman–Crippen LogP) is 6.09. The lowest BCUT2D eigenvalue weighted by Gasteiger charge is -2.09. The smallest absolute Gasteiger partial charge is 0.178 e. The highest BCUT2D eigenvalue weighted by Gasteiger charge is 2.14. The van der Waals surface area contributed by atoms with E-state index in [4.69, 9.17) is 27.9 Å². The van der Waals surface area contributed by atoms with Crippen LogP contribution >= 0.6 is 35.0 Å². The van der Waals surface area contributed by atoms with Gasteiger partial charge >= 0.3 is 0 Å². The molecule has 0 saturated carbocycles. The van der Waals surface area contributed by atoms with E-state index in [1.807, 2.05) is 0 Å². The first-order chi connectivity index (χ1) is 11.8. The second kappa shape index (κ2) is 9.17. The van der Waals surface area contributed by atoms with Crippen molar-refractivity contribution < 1.29 is 13.2 Å². The molecule has 2 aromatic rings. The maximum atomic E-state index is 12.3. The minimum Gasteiger partial charge on any atom is -0.457 e. The number of sulfone groups is 1. The van der Waals surface area contributed by atoms with Crippen LogP contribution in [0, 0.1) is 0 Å². The van der Waals surface area contributed by atoms with Crippen molar-refractivity contribution in [2.45, 2.75) is 30.4 Å². The van der Waals surface area contributed by atoms with Gasteiger partial charge in [0.15, 0.2) is 9.84 Å². The molecule has 0 atom stereocenters. The molecule has 136 valence electrons. The van der Waals surface area contributed by atoms with E-state index in [0.717, 1.165) is 5.75 Å². The van der Waals surface area contributed by atoms with Gasteiger partial charge in [-0.05, 0) is 53.8 Å². The largest absolute Gasteiger partial charge is 0.457 e. The Morgan fingerprint density at radius 3 is 2.24 bits per heavy atom. The Balaban J connectivity index is 1.99. The fourth-order valence-corrected chi connectivity index (χ4v) is 4.64. The van der Waals surface area contributed by atoms with Crippen LogP contribution in [0.5, 0.6) is 11.5 Å². The number of hydrogen-bond donors (Lipinski definition) is 0. The average Bonchev–Trinajstić information content (AvgIpc) is 2.55. The first-order valence-corrected chi connectivity index (χ1v) is 11.3. The van der Waals surface area contributed by atoms with E-state index in [1.54, 1.807) is 54.2 Å². The van der Waals surface area contributed by atoms with Crippen LogP contribution in [0.1, 0.15) is 20.3 Å². The second-order valence-corrected chi connectivity index (χ2v) is 10.3. The lowest BCUT2D eigenvalue weighted by Crippen LogP contribution is -2.08. The topological polar surface area (TPSA) is 43.4 Å². The van der Waals surface area contributed by atoms with Crippen LogP contribution < -0.4 is 4.74 Å². The van der Waals surface area contributed by atoms with Gasteiger partial charge in [0.2, 0.25) is 0 Å². The fraction of sp³-hybridized carbons (Fsp3) is 0.333. The maximum absolute atomic E-state index is 12.3. The van der Waals surface area contributed by atoms with Crippen LogP contribution in [0.2, 0.25) is 10.0 Å². The molecule has 3 nitrogen and oxygen atoms in total. The second-order valence-electron chi connectivity index (χ2n) is 5.74. The van der Waals surface area contributed by atoms with Crippen LogP contribution in [0.3, 0.4) is 0 Å². The van der Waals surface area contributed by atoms with E-state index in [1.165, 1.54) is 0 Å². The highest BCUT2D eigenvalue weighted by molar-refractivity contribution is 7.99. The molecular formula is C18H20Cl2O3S2. The summed E-state index contributed by atoms with van der Waals surface area (Å²) in [6.45, 7) is 4.21. The molecule has 0 amide bonds. The summed E-state index contributed by atoms with van der Waals surface area (Å²) in [6, 6.07) is 11.4. The van der Waals surface area contributed by atoms with Gasteiger partial charge in [-0.3, -0.25) is 0 Å². The molecule has 2 rings (SSSR count). The quantitative estimate of drug-likeness (QED) is 0.486. The van der Waals surface area contributed by atoms with E-state index in [0.29, 0.717) is 38.1 Å². The first-order valence-electron chi connectivity index (χ1n) is 7.85. The van der Waals surface area contributed by atoms with Crippen molar-refractivity contribution >= 4 is 44.8 Å². The number of benzene rings is 2. The van der Waals surface area contributed by atoms with Crippen LogP contribution in [-0.4, -0.2) is 25.2 Å². The van der Waals surface area contributed by atoms with E-state index in [-0.39, 0.29) is 5.75 Å². The van der Waals surface area contributed by atoms with Gasteiger partial charge < -0.3 is 4.74 Å². The SMILES string of the molecule is CC(C)SCCCS(=O)(=O)c1ccc(Oc2ccc(Cl)c(Cl)c2)cc1. The molecule has 25 heavy (non-hydrogen) atoms. The summed E-state index contributed by atoms with van der Waals surface area (Å²) in [7, 11) is -3.27. The zero-order valence-corrected chi connectivity index (χ0v) is 17.2. The molecular weight excluding hydrogens is 399 g/mol. The Hall–Kier alpha value is -0.880. The van der Waals surface area contributed by atoms with Gasteiger partial charge in [0.25, 0.3) is 0 Å². The molecule has 0 aliphatic rings. The Bertz CT molecular complexity index is 804. The van der Waals surface area contributed by atoms with Gasteiger partial charge in [0, 0.05) is 6.07 Å². The van der Waals surface area contributed by atoms with Crippen molar-refractivity contribution in [3.63, 3.8) is 0 Å². The monoisotopic (exact) mass is 418 g/mol. The normalized spacial score (nSPS) is 11.7. The maximum Gasteiger partial charge on any atom is 0.178 e. The van der Waals surface area contributed by atoms with Crippen molar-refractivity contribution in [3.05, 3.63) is 52.5 Å². The Labute approximate surface area is 163 Å². The molecule has 2 aromatic carbocycles. The number of hydrogen-bond acceptors (Lipinski definition) is 4. The minimum absolute atomic E-state index is 0.152. The average molecular weight is 419 g/mol. The summed E-state index contributed by atoms with van der Waals surface area (Å²) >= 11 is 13.6. The van der Waals surface area contributed by atoms with E-state index >= 15 is 0 Å². The summed E-state index contributed by atoms with van der Waals surface area (Å²) in [4.78, 5) is 0.309. The third-order valence-electron chi connectivity index (χ3n) is 3.32. The molecule has 0 radical (unpaired) electrons. The number of ether oxygens (including phenoxy) is 1. The van der Waals surface area contributed by atoms with Crippen molar-refractivity contribution in [2.75, 3.05) is 11.5 Å². The Kier molecular flexibility index (Phi) is 7.50. The molecule has 0 N–H and O–H groups in total. The molecule has 0 aromatic heterocycles. The van der Waals surface area contributed by atoms with Crippen molar-refractivity contribution in [3.8, 4) is 11.5 Å². The van der Waals surface area contributed by atoms with Crippen molar-refractivity contribution in [2.24, 2.45) is 0 Å². The van der Waals surface area contributed by atoms with Crippen molar-refractivity contribution in [1.29, 1.82) is 0 Å². The van der Waals surface area contributed by atoms with Gasteiger partial charge in [-0.15, -0.1) is 0 Å². The summed E-state index contributed by atoms with van der Waals surface area (Å²) < 4.78 is 30.4. The molecule has 0 aliphatic carbocycles. The molecule has 0 aliphatic heterocycles. The van der Waals surface area contributed by atoms with Crippen LogP contribution in [0.4, 0.5) is 0 Å². The van der Waals surface area contributed by atoms with Gasteiger partial charge in [0.05, 0.1) is 20.7 Å². The summed E-state index contributed by atoms with van der Waals surface area (Å²) in [5.74, 6) is 2.07. The zero-order chi connectivity index (χ0) is 18.4. The third-order valence-corrected chi connectivity index (χ3v) is 7.06. The van der Waals surface area contributed by atoms with Crippen LogP contribution in [0.15, 0.2) is 47.4 Å². The molecule has 0 unspecified atom stereocenters. The van der Waals surface area contributed by atoms with Crippen molar-refractivity contribution in [1.82, 2.24) is 0 Å². The summed E-state index contributed by atoms with van der Waals surface area (Å²) in [5.41, 5.74) is 0. The van der Waals surface area contributed by atoms with E-state index in [9.17, 15) is 8.42 Å². The Morgan fingerprint density at radius 2 is 1.64 bits per heavy atom. The molecule has 0 saturated heterocycles. The predicted molar refractivity (Wildman–Crippen MR) is 107 cm³/mol. The molecule has 0 heterocycles. The molecule has 0 spiro atoms. The molecule has 7 heteroatoms. The summed E-state index contributed by atoms with van der Waals surface area (Å²) in [6.07, 6.45) is 0.646.